The minimum atomic E-state index is -4.49. The van der Waals surface area contributed by atoms with Crippen LogP contribution in [0.2, 0.25) is 0 Å². The molecule has 2 amide bonds. The quantitative estimate of drug-likeness (QED) is 0.0352. The molecule has 442 valence electrons. The van der Waals surface area contributed by atoms with Crippen molar-refractivity contribution < 1.29 is 69.6 Å². The van der Waals surface area contributed by atoms with Crippen molar-refractivity contribution in [1.82, 2.24) is 49.9 Å². The number of carbonyl (C=O) groups excluding carboxylic acids is 2. The van der Waals surface area contributed by atoms with E-state index >= 15 is 8.78 Å². The molecule has 6 heterocycles. The molecule has 2 aliphatic rings. The molecule has 8 aromatic rings. The maximum Gasteiger partial charge on any atom is 0.489 e. The van der Waals surface area contributed by atoms with Crippen LogP contribution in [0.5, 0.6) is 11.5 Å². The Balaban J connectivity index is 1.01. The summed E-state index contributed by atoms with van der Waals surface area (Å²) in [7, 11) is -0.736. The summed E-state index contributed by atoms with van der Waals surface area (Å²) >= 11 is 5.97. The number of nitriles is 1. The highest BCUT2D eigenvalue weighted by molar-refractivity contribution is 8.07. The summed E-state index contributed by atoms with van der Waals surface area (Å²) in [6.45, 7) is -3.18. The van der Waals surface area contributed by atoms with Crippen molar-refractivity contribution in [3.63, 3.8) is 0 Å². The zero-order valence-corrected chi connectivity index (χ0v) is 47.8. The maximum atomic E-state index is 18.1. The summed E-state index contributed by atoms with van der Waals surface area (Å²) in [4.78, 5) is 66.2. The zero-order chi connectivity index (χ0) is 60.0. The molecule has 0 aliphatic carbocycles. The van der Waals surface area contributed by atoms with Crippen molar-refractivity contribution in [3.8, 4) is 17.6 Å². The third-order valence-electron chi connectivity index (χ3n) is 13.6. The predicted molar refractivity (Wildman–Crippen MR) is 297 cm³/mol. The average Bonchev–Trinajstić information content (AvgIpc) is 2.68. The molecule has 10 atom stereocenters. The Morgan fingerprint density at radius 2 is 1.42 bits per heavy atom. The van der Waals surface area contributed by atoms with Gasteiger partial charge in [-0.3, -0.25) is 29.2 Å². The third kappa shape index (κ3) is 12.7. The lowest BCUT2D eigenvalue weighted by atomic mass is 9.80. The fourth-order valence-electron chi connectivity index (χ4n) is 9.41. The Morgan fingerprint density at radius 3 is 2.05 bits per heavy atom. The van der Waals surface area contributed by atoms with Gasteiger partial charge in [0.15, 0.2) is 59.0 Å². The Bertz CT molecular complexity index is 3800. The molecule has 2 unspecified atom stereocenters. The van der Waals surface area contributed by atoms with Gasteiger partial charge in [-0.05, 0) is 69.5 Å². The van der Waals surface area contributed by atoms with Crippen molar-refractivity contribution >= 4 is 72.7 Å². The van der Waals surface area contributed by atoms with Crippen molar-refractivity contribution in [2.45, 2.75) is 75.1 Å². The molecule has 4 aromatic heterocycles. The van der Waals surface area contributed by atoms with Gasteiger partial charge in [-0.1, -0.05) is 97.1 Å². The molecule has 2 aliphatic heterocycles. The monoisotopic (exact) mass is 1230 g/mol. The van der Waals surface area contributed by atoms with E-state index in [2.05, 4.69) is 51.2 Å². The molecular weight excluding hydrogens is 1170 g/mol. The van der Waals surface area contributed by atoms with Crippen molar-refractivity contribution in [1.29, 1.82) is 5.26 Å². The van der Waals surface area contributed by atoms with Crippen LogP contribution in [0.3, 0.4) is 0 Å². The van der Waals surface area contributed by atoms with Crippen LogP contribution in [0.25, 0.3) is 22.3 Å². The van der Waals surface area contributed by atoms with Crippen molar-refractivity contribution in [3.05, 3.63) is 148 Å². The van der Waals surface area contributed by atoms with Crippen LogP contribution in [-0.2, 0) is 59.1 Å². The third-order valence-corrected chi connectivity index (χ3v) is 16.4. The number of amides is 2. The van der Waals surface area contributed by atoms with Gasteiger partial charge in [0.05, 0.1) is 46.5 Å². The van der Waals surface area contributed by atoms with Gasteiger partial charge in [-0.25, -0.2) is 18.7 Å². The highest BCUT2D eigenvalue weighted by Crippen LogP contribution is 2.55. The van der Waals surface area contributed by atoms with Gasteiger partial charge in [-0.2, -0.15) is 19.6 Å². The summed E-state index contributed by atoms with van der Waals surface area (Å²) < 4.78 is 103. The lowest BCUT2D eigenvalue weighted by Gasteiger charge is -2.37. The number of methoxy groups -OCH3 is 2. The van der Waals surface area contributed by atoms with E-state index < -0.39 is 118 Å². The normalized spacial score (nSPS) is 21.4. The Morgan fingerprint density at radius 1 is 0.812 bits per heavy atom. The number of H-pyrrole nitrogens is 1. The second-order valence-corrected chi connectivity index (χ2v) is 22.8. The van der Waals surface area contributed by atoms with Crippen molar-refractivity contribution in [2.75, 3.05) is 44.7 Å². The second-order valence-electron chi connectivity index (χ2n) is 19.2. The molecule has 10 rings (SSSR count). The number of ether oxygens (including phenoxy) is 5. The van der Waals surface area contributed by atoms with E-state index in [0.717, 1.165) is 15.7 Å². The van der Waals surface area contributed by atoms with E-state index in [4.69, 9.17) is 53.6 Å². The molecule has 85 heavy (non-hydrogen) atoms. The summed E-state index contributed by atoms with van der Waals surface area (Å²) in [5.41, 5.74) is -1.18. The minimum Gasteiger partial charge on any atom is -0.566 e. The number of aromatic amines is 1. The number of nitrogens with one attached hydrogen (secondary N) is 3. The number of rotatable bonds is 24. The lowest BCUT2D eigenvalue weighted by molar-refractivity contribution is -0.194. The van der Waals surface area contributed by atoms with Crippen LogP contribution in [0.4, 0.5) is 20.5 Å². The van der Waals surface area contributed by atoms with Gasteiger partial charge in [0, 0.05) is 11.5 Å². The maximum absolute atomic E-state index is 18.1. The summed E-state index contributed by atoms with van der Waals surface area (Å²) in [5, 5.41) is 30.9. The molecule has 27 nitrogen and oxygen atoms in total. The fraction of sp³-hybridized carbons (Fsp3) is 0.340. The summed E-state index contributed by atoms with van der Waals surface area (Å²) in [6, 6.07) is 33.5. The van der Waals surface area contributed by atoms with Crippen LogP contribution < -0.4 is 30.6 Å². The van der Waals surface area contributed by atoms with Gasteiger partial charge in [0.25, 0.3) is 11.5 Å². The largest absolute Gasteiger partial charge is 0.566 e. The minimum absolute atomic E-state index is 0.0469. The van der Waals surface area contributed by atoms with Crippen molar-refractivity contribution in [2.24, 2.45) is 5.92 Å². The van der Waals surface area contributed by atoms with Crippen LogP contribution in [0.15, 0.2) is 120 Å². The fourth-order valence-corrected chi connectivity index (χ4v) is 11.9. The number of anilines is 2. The van der Waals surface area contributed by atoms with Crippen LogP contribution in [-0.4, -0.2) is 133 Å². The molecule has 4 aromatic carbocycles. The van der Waals surface area contributed by atoms with Gasteiger partial charge in [0.2, 0.25) is 11.9 Å². The number of hydrogen-bond donors (Lipinski definition) is 3. The molecule has 3 N–H and O–H groups in total. The lowest BCUT2D eigenvalue weighted by Crippen LogP contribution is -2.40. The van der Waals surface area contributed by atoms with Crippen LogP contribution in [0.1, 0.15) is 59.8 Å². The van der Waals surface area contributed by atoms with E-state index in [1.165, 1.54) is 14.2 Å². The summed E-state index contributed by atoms with van der Waals surface area (Å²) in [6.07, 6.45) is -14.6. The van der Waals surface area contributed by atoms with Gasteiger partial charge < -0.3 is 42.9 Å². The topological polar surface area (TPSA) is 338 Å². The van der Waals surface area contributed by atoms with Crippen LogP contribution in [0, 0.1) is 17.2 Å². The number of fused-ring (bicyclic) bond motifs is 2. The van der Waals surface area contributed by atoms with Gasteiger partial charge >= 0.3 is 15.0 Å². The molecule has 0 radical (unpaired) electrons. The number of carbonyl (C=O) groups is 2. The average molecular weight is 1230 g/mol. The standard InChI is InChI=1S/C53H51F2N13O14P2S/c1-29(2)47(69)61-52-60-46-41(49(71)62-52)64-66-68(46)51-43(81-83(72)73)38(54)36(79-51)27-78-84(85,77-25-11-24-56)82-42-37(80-50(39(42)55)67-45-40(63-65-67)44(57-28-58-45)59-48(70)30-12-7-5-8-13-30)26-76-53(31-14-9-6-10-15-31,32-16-20-34(74-3)21-17-32)33-18-22-35(75-4)23-19-33/h5-10,12-23,28-29,36-39,42-43,50-51H,11,25-27H2,1-4H3,(H,57,58,59,70)(H2,60,61,62,69,71)/t36-,37-,38-,39+,42-,43+,50-,51-,84?/m1/s1. The number of hydrogen-bond acceptors (Lipinski definition) is 23. The molecule has 0 spiro atoms. The van der Waals surface area contributed by atoms with E-state index in [0.29, 0.717) is 33.8 Å². The molecule has 0 saturated carbocycles. The number of nitrogens with zero attached hydrogens (tertiary/aromatic N) is 10. The Hall–Kier alpha value is -8.04. The smallest absolute Gasteiger partial charge is 0.489 e. The number of halogens is 2. The molecule has 2 fully saturated rings. The Kier molecular flexibility index (Phi) is 18.4. The molecular formula is C53H51F2N13O14P2S. The van der Waals surface area contributed by atoms with Crippen LogP contribution >= 0.6 is 15.0 Å². The zero-order valence-electron chi connectivity index (χ0n) is 45.2. The molecule has 0 bridgehead atoms. The first kappa shape index (κ1) is 60.1. The van der Waals surface area contributed by atoms with Gasteiger partial charge in [0.1, 0.15) is 41.7 Å². The first-order valence-electron chi connectivity index (χ1n) is 26.0. The van der Waals surface area contributed by atoms with E-state index in [-0.39, 0.29) is 35.0 Å². The van der Waals surface area contributed by atoms with E-state index in [1.54, 1.807) is 92.7 Å². The summed E-state index contributed by atoms with van der Waals surface area (Å²) in [5.74, 6) is -0.933. The SMILES string of the molecule is COc1ccc(C(OC[C@H]2O[C@@H](n3nnc4c(NC(=O)c5ccccc5)ncnc43)[C@@H](F)[C@@H]2OP(=S)(OCCC#N)OC[C@H]2O[C@@H](n3nnc4c(=O)[nH]c(NC(=O)C(C)C)nc43)[C@@H](O[P+](=O)[O-])[C@@H]2F)(c2ccccc2)c2ccc(OC)cc2)cc1. The van der Waals surface area contributed by atoms with Gasteiger partial charge in [-0.15, -0.1) is 14.7 Å². The first-order valence-corrected chi connectivity index (χ1v) is 29.6. The molecule has 32 heteroatoms. The highest BCUT2D eigenvalue weighted by atomic mass is 32.5. The first-order chi connectivity index (χ1) is 41.0. The molecule has 2 saturated heterocycles. The highest BCUT2D eigenvalue weighted by Gasteiger charge is 2.55. The van der Waals surface area contributed by atoms with E-state index in [1.807, 2.05) is 36.4 Å². The Labute approximate surface area is 487 Å². The number of aromatic nitrogens is 10. The van der Waals surface area contributed by atoms with E-state index in [9.17, 15) is 29.1 Å². The number of alkyl halides is 2. The predicted octanol–water partition coefficient (Wildman–Crippen LogP) is 6.05. The second kappa shape index (κ2) is 26.1. The number of benzene rings is 4.